The van der Waals surface area contributed by atoms with Gasteiger partial charge in [-0.15, -0.1) is 23.7 Å². The quantitative estimate of drug-likeness (QED) is 0.908. The van der Waals surface area contributed by atoms with Crippen molar-refractivity contribution in [2.24, 2.45) is 0 Å². The van der Waals surface area contributed by atoms with Gasteiger partial charge in [-0.1, -0.05) is 19.9 Å². The number of hydrogen-bond acceptors (Lipinski definition) is 4. The molecule has 6 heteroatoms. The molecule has 0 saturated carbocycles. The highest BCUT2D eigenvalue weighted by molar-refractivity contribution is 7.14. The third kappa shape index (κ3) is 3.43. The third-order valence-electron chi connectivity index (χ3n) is 3.43. The van der Waals surface area contributed by atoms with Gasteiger partial charge in [0.1, 0.15) is 0 Å². The lowest BCUT2D eigenvalue weighted by molar-refractivity contribution is 0.102. The smallest absolute Gasteiger partial charge is 0.257 e. The Kier molecular flexibility index (Phi) is 4.98. The molecule has 1 aliphatic rings. The summed E-state index contributed by atoms with van der Waals surface area (Å²) in [6, 6.07) is 5.85. The molecular formula is C15H18ClN3OS. The Morgan fingerprint density at radius 3 is 2.81 bits per heavy atom. The first-order chi connectivity index (χ1) is 9.63. The van der Waals surface area contributed by atoms with Crippen molar-refractivity contribution < 1.29 is 4.79 Å². The van der Waals surface area contributed by atoms with Crippen LogP contribution in [-0.2, 0) is 13.1 Å². The van der Waals surface area contributed by atoms with Crippen molar-refractivity contribution in [2.45, 2.75) is 32.9 Å². The van der Waals surface area contributed by atoms with Crippen molar-refractivity contribution >= 4 is 34.8 Å². The number of nitrogens with one attached hydrogen (secondary N) is 2. The molecule has 1 aliphatic heterocycles. The molecule has 0 spiro atoms. The van der Waals surface area contributed by atoms with Crippen molar-refractivity contribution in [3.8, 4) is 0 Å². The van der Waals surface area contributed by atoms with Crippen LogP contribution in [0.15, 0.2) is 23.6 Å². The van der Waals surface area contributed by atoms with Gasteiger partial charge in [0.05, 0.1) is 5.69 Å². The van der Waals surface area contributed by atoms with E-state index in [0.717, 1.165) is 18.8 Å². The van der Waals surface area contributed by atoms with Gasteiger partial charge in [0.25, 0.3) is 5.91 Å². The predicted octanol–water partition coefficient (Wildman–Crippen LogP) is 3.54. The van der Waals surface area contributed by atoms with Crippen molar-refractivity contribution in [1.82, 2.24) is 10.3 Å². The van der Waals surface area contributed by atoms with Crippen molar-refractivity contribution in [3.63, 3.8) is 0 Å². The lowest BCUT2D eigenvalue weighted by Gasteiger charge is -2.04. The number of carbonyl (C=O) groups excluding carboxylic acids is 1. The first kappa shape index (κ1) is 15.9. The molecule has 0 bridgehead atoms. The van der Waals surface area contributed by atoms with E-state index < -0.39 is 0 Å². The maximum absolute atomic E-state index is 12.2. The monoisotopic (exact) mass is 323 g/mol. The van der Waals surface area contributed by atoms with E-state index in [-0.39, 0.29) is 18.3 Å². The minimum Gasteiger partial charge on any atom is -0.309 e. The van der Waals surface area contributed by atoms with Crippen LogP contribution in [0, 0.1) is 0 Å². The molecule has 0 atom stereocenters. The molecule has 4 nitrogen and oxygen atoms in total. The van der Waals surface area contributed by atoms with Crippen molar-refractivity contribution in [1.29, 1.82) is 0 Å². The molecule has 2 heterocycles. The summed E-state index contributed by atoms with van der Waals surface area (Å²) >= 11 is 1.47. The number of aromatic nitrogens is 1. The van der Waals surface area contributed by atoms with E-state index in [1.165, 1.54) is 22.5 Å². The molecule has 2 aromatic rings. The third-order valence-corrected chi connectivity index (χ3v) is 4.21. The number of carbonyl (C=O) groups is 1. The van der Waals surface area contributed by atoms with Gasteiger partial charge in [-0.2, -0.15) is 0 Å². The van der Waals surface area contributed by atoms with E-state index in [4.69, 9.17) is 0 Å². The SMILES string of the molecule is CC(C)c1csc(NC(=O)c2ccc3c(c2)CNC3)n1.Cl. The zero-order chi connectivity index (χ0) is 14.1. The van der Waals surface area contributed by atoms with Crippen LogP contribution in [0.3, 0.4) is 0 Å². The van der Waals surface area contributed by atoms with Crippen molar-refractivity contribution in [2.75, 3.05) is 5.32 Å². The second-order valence-electron chi connectivity index (χ2n) is 5.27. The second-order valence-corrected chi connectivity index (χ2v) is 6.13. The summed E-state index contributed by atoms with van der Waals surface area (Å²) in [5.74, 6) is 0.285. The van der Waals surface area contributed by atoms with Crippen molar-refractivity contribution in [3.05, 3.63) is 46.0 Å². The van der Waals surface area contributed by atoms with Crippen LogP contribution in [0.5, 0.6) is 0 Å². The van der Waals surface area contributed by atoms with E-state index in [2.05, 4.69) is 29.5 Å². The zero-order valence-corrected chi connectivity index (χ0v) is 13.6. The highest BCUT2D eigenvalue weighted by atomic mass is 35.5. The summed E-state index contributed by atoms with van der Waals surface area (Å²) in [6.07, 6.45) is 0. The number of hydrogen-bond donors (Lipinski definition) is 2. The van der Waals surface area contributed by atoms with E-state index in [0.29, 0.717) is 16.6 Å². The van der Waals surface area contributed by atoms with Gasteiger partial charge in [0.2, 0.25) is 0 Å². The average molecular weight is 324 g/mol. The Labute approximate surface area is 134 Å². The molecule has 21 heavy (non-hydrogen) atoms. The zero-order valence-electron chi connectivity index (χ0n) is 12.0. The van der Waals surface area contributed by atoms with Gasteiger partial charge >= 0.3 is 0 Å². The van der Waals surface area contributed by atoms with Crippen LogP contribution in [0.4, 0.5) is 5.13 Å². The largest absolute Gasteiger partial charge is 0.309 e. The number of thiazole rings is 1. The van der Waals surface area contributed by atoms with Gasteiger partial charge in [-0.3, -0.25) is 10.1 Å². The molecule has 0 saturated heterocycles. The number of halogens is 1. The number of benzene rings is 1. The Morgan fingerprint density at radius 1 is 1.33 bits per heavy atom. The molecule has 3 rings (SSSR count). The number of rotatable bonds is 3. The molecule has 0 radical (unpaired) electrons. The van der Waals surface area contributed by atoms with Gasteiger partial charge in [-0.05, 0) is 29.2 Å². The summed E-state index contributed by atoms with van der Waals surface area (Å²) in [4.78, 5) is 16.7. The summed E-state index contributed by atoms with van der Waals surface area (Å²) in [7, 11) is 0. The Bertz CT molecular complexity index is 654. The highest BCUT2D eigenvalue weighted by Gasteiger charge is 2.15. The van der Waals surface area contributed by atoms with Crippen LogP contribution in [-0.4, -0.2) is 10.9 Å². The summed E-state index contributed by atoms with van der Waals surface area (Å²) in [6.45, 7) is 5.91. The summed E-state index contributed by atoms with van der Waals surface area (Å²) in [5, 5.41) is 8.81. The molecule has 0 fully saturated rings. The normalized spacial score (nSPS) is 12.9. The lowest BCUT2D eigenvalue weighted by atomic mass is 10.1. The number of fused-ring (bicyclic) bond motifs is 1. The summed E-state index contributed by atoms with van der Waals surface area (Å²) < 4.78 is 0. The highest BCUT2D eigenvalue weighted by Crippen LogP contribution is 2.23. The van der Waals surface area contributed by atoms with Crippen LogP contribution >= 0.6 is 23.7 Å². The predicted molar refractivity (Wildman–Crippen MR) is 88.4 cm³/mol. The van der Waals surface area contributed by atoms with E-state index in [1.54, 1.807) is 0 Å². The molecule has 2 N–H and O–H groups in total. The topological polar surface area (TPSA) is 54.0 Å². The van der Waals surface area contributed by atoms with E-state index >= 15 is 0 Å². The Balaban J connectivity index is 0.00000161. The minimum absolute atomic E-state index is 0. The number of nitrogens with zero attached hydrogens (tertiary/aromatic N) is 1. The Morgan fingerprint density at radius 2 is 2.10 bits per heavy atom. The van der Waals surface area contributed by atoms with Crippen LogP contribution < -0.4 is 10.6 Å². The molecule has 1 amide bonds. The number of amides is 1. The number of anilines is 1. The van der Waals surface area contributed by atoms with Crippen LogP contribution in [0.25, 0.3) is 0 Å². The van der Waals surface area contributed by atoms with Gasteiger partial charge in [0, 0.05) is 24.0 Å². The fourth-order valence-electron chi connectivity index (χ4n) is 2.21. The van der Waals surface area contributed by atoms with Crippen LogP contribution in [0.2, 0.25) is 0 Å². The average Bonchev–Trinajstić information content (AvgIpc) is 3.05. The lowest BCUT2D eigenvalue weighted by Crippen LogP contribution is -2.12. The first-order valence-electron chi connectivity index (χ1n) is 6.73. The molecule has 112 valence electrons. The first-order valence-corrected chi connectivity index (χ1v) is 7.61. The molecule has 0 unspecified atom stereocenters. The fraction of sp³-hybridized carbons (Fsp3) is 0.333. The standard InChI is InChI=1S/C15H17N3OS.ClH/c1-9(2)13-8-20-15(17-13)18-14(19)10-3-4-11-6-16-7-12(11)5-10;/h3-5,8-9,16H,6-7H2,1-2H3,(H,17,18,19);1H. The maximum atomic E-state index is 12.2. The van der Waals surface area contributed by atoms with Gasteiger partial charge in [-0.25, -0.2) is 4.98 Å². The summed E-state index contributed by atoms with van der Waals surface area (Å²) in [5.41, 5.74) is 4.19. The minimum atomic E-state index is -0.0932. The van der Waals surface area contributed by atoms with Gasteiger partial charge in [0.15, 0.2) is 5.13 Å². The molecule has 1 aromatic heterocycles. The second kappa shape index (κ2) is 6.56. The Hall–Kier alpha value is -1.43. The molecular weight excluding hydrogens is 306 g/mol. The van der Waals surface area contributed by atoms with E-state index in [9.17, 15) is 4.79 Å². The van der Waals surface area contributed by atoms with E-state index in [1.807, 2.05) is 23.6 Å². The molecule has 1 aromatic carbocycles. The fourth-order valence-corrected chi connectivity index (χ4v) is 3.08. The van der Waals surface area contributed by atoms with Gasteiger partial charge < -0.3 is 5.32 Å². The molecule has 0 aliphatic carbocycles. The van der Waals surface area contributed by atoms with Crippen LogP contribution in [0.1, 0.15) is 46.9 Å². The maximum Gasteiger partial charge on any atom is 0.257 e.